The Morgan fingerprint density at radius 2 is 0.430 bits per heavy atom. The molecule has 2 unspecified atom stereocenters. The van der Waals surface area contributed by atoms with Crippen molar-refractivity contribution in [3.63, 3.8) is 0 Å². The lowest BCUT2D eigenvalue weighted by molar-refractivity contribution is -0.161. The molecule has 0 aliphatic heterocycles. The number of aliphatic hydroxyl groups excluding tert-OH is 1. The fourth-order valence-corrected chi connectivity index (χ4v) is 15.4. The van der Waals surface area contributed by atoms with E-state index in [0.717, 1.165) is 102 Å². The van der Waals surface area contributed by atoms with Gasteiger partial charge in [0.1, 0.15) is 19.3 Å². The molecule has 0 aliphatic rings. The van der Waals surface area contributed by atoms with Gasteiger partial charge in [-0.1, -0.05) is 420 Å². The third-order valence-electron chi connectivity index (χ3n) is 20.7. The summed E-state index contributed by atoms with van der Waals surface area (Å²) < 4.78 is 69.0. The number of unbranched alkanes of at least 4 members (excludes halogenated alkanes) is 57. The van der Waals surface area contributed by atoms with Crippen LogP contribution >= 0.6 is 15.6 Å². The van der Waals surface area contributed by atoms with Crippen LogP contribution in [0.1, 0.15) is 472 Å². The van der Waals surface area contributed by atoms with Gasteiger partial charge in [-0.05, 0) is 37.5 Å². The number of hydrogen-bond donors (Lipinski definition) is 3. The number of hydrogen-bond acceptors (Lipinski definition) is 15. The van der Waals surface area contributed by atoms with E-state index < -0.39 is 97.5 Å². The maximum atomic E-state index is 13.2. The van der Waals surface area contributed by atoms with Gasteiger partial charge in [-0.25, -0.2) is 9.13 Å². The van der Waals surface area contributed by atoms with E-state index in [0.29, 0.717) is 25.7 Å². The number of phosphoric acid groups is 2. The number of esters is 4. The van der Waals surface area contributed by atoms with E-state index in [4.69, 9.17) is 37.0 Å². The number of rotatable bonds is 87. The van der Waals surface area contributed by atoms with Crippen molar-refractivity contribution in [2.45, 2.75) is 490 Å². The molecule has 3 N–H and O–H groups in total. The van der Waals surface area contributed by atoms with Crippen molar-refractivity contribution in [1.82, 2.24) is 0 Å². The number of aliphatic hydroxyl groups is 1. The van der Waals surface area contributed by atoms with E-state index in [-0.39, 0.29) is 25.7 Å². The zero-order valence-corrected chi connectivity index (χ0v) is 72.2. The second kappa shape index (κ2) is 79.3. The molecular weight excluding hydrogens is 1390 g/mol. The molecule has 0 bridgehead atoms. The van der Waals surface area contributed by atoms with Gasteiger partial charge in [-0.3, -0.25) is 37.3 Å². The first-order valence-electron chi connectivity index (χ1n) is 45.5. The van der Waals surface area contributed by atoms with Crippen LogP contribution in [0.4, 0.5) is 0 Å². The molecule has 0 amide bonds. The van der Waals surface area contributed by atoms with Gasteiger partial charge in [-0.2, -0.15) is 0 Å². The summed E-state index contributed by atoms with van der Waals surface area (Å²) in [6.07, 6.45) is 72.3. The van der Waals surface area contributed by atoms with Crippen LogP contribution in [0.2, 0.25) is 0 Å². The Morgan fingerprint density at radius 1 is 0.252 bits per heavy atom. The Morgan fingerprint density at radius 3 is 0.636 bits per heavy atom. The molecule has 0 saturated heterocycles. The normalized spacial score (nSPS) is 13.8. The second-order valence-corrected chi connectivity index (χ2v) is 35.5. The van der Waals surface area contributed by atoms with E-state index in [9.17, 15) is 43.2 Å². The maximum absolute atomic E-state index is 13.2. The highest BCUT2D eigenvalue weighted by atomic mass is 31.2. The molecular formula is C88H172O17P2. The van der Waals surface area contributed by atoms with Gasteiger partial charge < -0.3 is 33.8 Å². The molecule has 19 heteroatoms. The smallest absolute Gasteiger partial charge is 0.462 e. The van der Waals surface area contributed by atoms with Crippen LogP contribution in [0, 0.1) is 11.8 Å². The summed E-state index contributed by atoms with van der Waals surface area (Å²) in [7, 11) is -9.93. The molecule has 0 radical (unpaired) electrons. The third kappa shape index (κ3) is 81.9. The van der Waals surface area contributed by atoms with Crippen LogP contribution in [0.3, 0.4) is 0 Å². The Kier molecular flexibility index (Phi) is 77.9. The highest BCUT2D eigenvalue weighted by Gasteiger charge is 2.30. The Hall–Kier alpha value is -1.94. The Balaban J connectivity index is 5.24. The van der Waals surface area contributed by atoms with Crippen molar-refractivity contribution in [3.8, 4) is 0 Å². The summed E-state index contributed by atoms with van der Waals surface area (Å²) in [5.41, 5.74) is 0. The van der Waals surface area contributed by atoms with Gasteiger partial charge in [0.25, 0.3) is 0 Å². The molecule has 0 heterocycles. The highest BCUT2D eigenvalue weighted by molar-refractivity contribution is 7.47. The summed E-state index contributed by atoms with van der Waals surface area (Å²) in [6, 6.07) is 0. The van der Waals surface area contributed by atoms with Crippen LogP contribution in [-0.2, 0) is 65.4 Å². The van der Waals surface area contributed by atoms with Gasteiger partial charge in [0.2, 0.25) is 0 Å². The molecule has 0 saturated carbocycles. The average Bonchev–Trinajstić information content (AvgIpc) is 0.905. The van der Waals surface area contributed by atoms with E-state index in [2.05, 4.69) is 41.5 Å². The predicted octanol–water partition coefficient (Wildman–Crippen LogP) is 27.0. The lowest BCUT2D eigenvalue weighted by Gasteiger charge is -2.21. The summed E-state index contributed by atoms with van der Waals surface area (Å²) in [5.74, 6) is -0.561. The molecule has 0 aromatic carbocycles. The lowest BCUT2D eigenvalue weighted by Crippen LogP contribution is -2.30. The molecule has 636 valence electrons. The molecule has 0 aromatic rings. The number of carbonyl (C=O) groups excluding carboxylic acids is 4. The monoisotopic (exact) mass is 1560 g/mol. The first-order valence-corrected chi connectivity index (χ1v) is 48.5. The number of phosphoric ester groups is 2. The number of carbonyl (C=O) groups is 4. The quantitative estimate of drug-likeness (QED) is 0.0222. The van der Waals surface area contributed by atoms with E-state index in [1.54, 1.807) is 0 Å². The van der Waals surface area contributed by atoms with Crippen LogP contribution in [0.25, 0.3) is 0 Å². The molecule has 107 heavy (non-hydrogen) atoms. The summed E-state index contributed by atoms with van der Waals surface area (Å²) in [4.78, 5) is 73.3. The van der Waals surface area contributed by atoms with Gasteiger partial charge in [-0.15, -0.1) is 0 Å². The largest absolute Gasteiger partial charge is 0.472 e. The first kappa shape index (κ1) is 105. The summed E-state index contributed by atoms with van der Waals surface area (Å²) >= 11 is 0. The zero-order chi connectivity index (χ0) is 78.5. The van der Waals surface area contributed by atoms with Crippen molar-refractivity contribution < 1.29 is 80.2 Å². The van der Waals surface area contributed by atoms with E-state index >= 15 is 0 Å². The Labute approximate surface area is 658 Å². The Bertz CT molecular complexity index is 2050. The first-order chi connectivity index (χ1) is 51.9. The fraction of sp³-hybridized carbons (Fsp3) is 0.955. The summed E-state index contributed by atoms with van der Waals surface area (Å²) in [6.45, 7) is 9.68. The minimum Gasteiger partial charge on any atom is -0.462 e. The topological polar surface area (TPSA) is 237 Å². The SMILES string of the molecule is CCCCCCCCCCCCCCCCCCCCCCC(=O)O[C@H](COC(=O)CCCCCCCCCCCCCCCCCCC(C)C)COP(=O)(O)OC[C@@H](O)COP(=O)(O)OC[C@@H](COC(=O)CCCCCCCCCCC(C)C)OC(=O)CCCCCCCCCCCCCCCCCCC. The van der Waals surface area contributed by atoms with Crippen LogP contribution in [-0.4, -0.2) is 96.7 Å². The van der Waals surface area contributed by atoms with Crippen LogP contribution < -0.4 is 0 Å². The predicted molar refractivity (Wildman–Crippen MR) is 442 cm³/mol. The molecule has 0 rings (SSSR count). The maximum Gasteiger partial charge on any atom is 0.472 e. The molecule has 0 spiro atoms. The minimum absolute atomic E-state index is 0.108. The van der Waals surface area contributed by atoms with Crippen LogP contribution in [0.15, 0.2) is 0 Å². The van der Waals surface area contributed by atoms with Crippen molar-refractivity contribution in [3.05, 3.63) is 0 Å². The fourth-order valence-electron chi connectivity index (χ4n) is 13.8. The van der Waals surface area contributed by atoms with E-state index in [1.165, 1.54) is 289 Å². The zero-order valence-electron chi connectivity index (χ0n) is 70.5. The van der Waals surface area contributed by atoms with Crippen molar-refractivity contribution in [2.24, 2.45) is 11.8 Å². The van der Waals surface area contributed by atoms with Crippen molar-refractivity contribution in [1.29, 1.82) is 0 Å². The number of ether oxygens (including phenoxy) is 4. The standard InChI is InChI=1S/C88H172O17P2/c1-7-9-11-13-15-17-19-21-23-25-26-27-29-35-39-43-47-55-61-67-72-87(92)104-83(76-98-85(90)70-64-58-52-45-41-37-33-31-30-32-36-40-44-50-56-62-68-80(3)4)78-102-106(94,95)100-74-82(89)75-101-107(96,97)103-79-84(77-99-86(91)71-65-59-53-49-48-51-57-63-69-81(5)6)105-88(93)73-66-60-54-46-42-38-34-28-24-22-20-18-16-14-12-10-8-2/h80-84,89H,7-79H2,1-6H3,(H,94,95)(H,96,97)/t82-,83-,84-/m1/s1. The van der Waals surface area contributed by atoms with Gasteiger partial charge in [0.15, 0.2) is 12.2 Å². The molecule has 0 aliphatic carbocycles. The molecule has 17 nitrogen and oxygen atoms in total. The summed E-state index contributed by atoms with van der Waals surface area (Å²) in [5, 5.41) is 10.7. The molecule has 5 atom stereocenters. The van der Waals surface area contributed by atoms with Gasteiger partial charge in [0.05, 0.1) is 26.4 Å². The van der Waals surface area contributed by atoms with Crippen molar-refractivity contribution in [2.75, 3.05) is 39.6 Å². The second-order valence-electron chi connectivity index (χ2n) is 32.6. The van der Waals surface area contributed by atoms with Crippen molar-refractivity contribution >= 4 is 39.5 Å². The minimum atomic E-state index is -4.97. The lowest BCUT2D eigenvalue weighted by atomic mass is 10.0. The molecule has 0 aromatic heterocycles. The van der Waals surface area contributed by atoms with Gasteiger partial charge >= 0.3 is 39.5 Å². The molecule has 0 fully saturated rings. The third-order valence-corrected chi connectivity index (χ3v) is 22.6. The van der Waals surface area contributed by atoms with Gasteiger partial charge in [0, 0.05) is 25.7 Å². The highest BCUT2D eigenvalue weighted by Crippen LogP contribution is 2.45. The van der Waals surface area contributed by atoms with E-state index in [1.807, 2.05) is 0 Å². The van der Waals surface area contributed by atoms with Crippen LogP contribution in [0.5, 0.6) is 0 Å². The average molecular weight is 1560 g/mol.